The highest BCUT2D eigenvalue weighted by molar-refractivity contribution is 7.19. The minimum atomic E-state index is -2.73. The molecule has 0 saturated carbocycles. The molecule has 0 amide bonds. The van der Waals surface area contributed by atoms with Gasteiger partial charge in [0.2, 0.25) is 0 Å². The molecule has 1 fully saturated rings. The molecule has 216 valence electrons. The fourth-order valence-electron chi connectivity index (χ4n) is 5.84. The zero-order chi connectivity index (χ0) is 29.6. The van der Waals surface area contributed by atoms with Crippen LogP contribution < -0.4 is 16.6 Å². The van der Waals surface area contributed by atoms with Crippen LogP contribution in [0.25, 0.3) is 32.2 Å². The predicted octanol–water partition coefficient (Wildman–Crippen LogP) is 5.41. The Morgan fingerprint density at radius 3 is 2.69 bits per heavy atom. The number of nitrogens with zero attached hydrogens (tertiary/aromatic N) is 5. The Bertz CT molecular complexity index is 1980. The Balaban J connectivity index is 1.45. The van der Waals surface area contributed by atoms with E-state index in [1.807, 2.05) is 36.5 Å². The number of aromatic nitrogens is 4. The van der Waals surface area contributed by atoms with Crippen LogP contribution in [-0.2, 0) is 19.6 Å². The van der Waals surface area contributed by atoms with Crippen molar-refractivity contribution in [2.24, 2.45) is 5.41 Å². The summed E-state index contributed by atoms with van der Waals surface area (Å²) >= 11 is 7.97. The molecule has 12 heteroatoms. The fraction of sp³-hybridized carbons (Fsp3) is 0.333. The van der Waals surface area contributed by atoms with E-state index in [0.717, 1.165) is 61.8 Å². The lowest BCUT2D eigenvalue weighted by Gasteiger charge is -2.32. The van der Waals surface area contributed by atoms with Gasteiger partial charge in [0.25, 0.3) is 12.0 Å². The number of rotatable bonds is 7. The van der Waals surface area contributed by atoms with Crippen LogP contribution >= 0.6 is 22.9 Å². The van der Waals surface area contributed by atoms with Crippen LogP contribution in [0.5, 0.6) is 0 Å². The molecule has 0 bridgehead atoms. The van der Waals surface area contributed by atoms with E-state index in [-0.39, 0.29) is 12.1 Å². The maximum Gasteiger partial charge on any atom is 0.331 e. The molecule has 5 heterocycles. The molecule has 1 aromatic carbocycles. The monoisotopic (exact) mass is 608 g/mol. The first-order valence-electron chi connectivity index (χ1n) is 13.6. The number of thiophene rings is 1. The third-order valence-electron chi connectivity index (χ3n) is 7.91. The van der Waals surface area contributed by atoms with E-state index >= 15 is 0 Å². The molecule has 1 saturated heterocycles. The molecule has 1 aliphatic rings. The minimum Gasteiger partial charge on any atom is -0.345 e. The van der Waals surface area contributed by atoms with Crippen LogP contribution in [0.4, 0.5) is 8.78 Å². The molecule has 5 aromatic rings. The van der Waals surface area contributed by atoms with E-state index in [9.17, 15) is 23.6 Å². The number of nitrogens with one attached hydrogen (secondary N) is 1. The van der Waals surface area contributed by atoms with Gasteiger partial charge in [-0.15, -0.1) is 11.3 Å². The van der Waals surface area contributed by atoms with E-state index in [4.69, 9.17) is 11.6 Å². The first-order valence-corrected chi connectivity index (χ1v) is 14.7. The summed E-state index contributed by atoms with van der Waals surface area (Å²) in [4.78, 5) is 31.0. The van der Waals surface area contributed by atoms with Crippen molar-refractivity contribution in [2.75, 3.05) is 13.1 Å². The molecule has 6 rings (SSSR count). The van der Waals surface area contributed by atoms with Crippen LogP contribution in [0, 0.1) is 23.7 Å². The maximum absolute atomic E-state index is 13.1. The number of pyridine rings is 1. The number of hydrogen-bond donors (Lipinski definition) is 1. The second kappa shape index (κ2) is 11.1. The maximum atomic E-state index is 13.1. The number of alkyl halides is 2. The van der Waals surface area contributed by atoms with Crippen molar-refractivity contribution in [1.82, 2.24) is 24.0 Å². The van der Waals surface area contributed by atoms with Gasteiger partial charge in [-0.3, -0.25) is 18.9 Å². The zero-order valence-corrected chi connectivity index (χ0v) is 24.3. The summed E-state index contributed by atoms with van der Waals surface area (Å²) in [5.74, 6) is 0. The van der Waals surface area contributed by atoms with Crippen molar-refractivity contribution in [1.29, 1.82) is 5.26 Å². The molecule has 8 nitrogen and oxygen atoms in total. The third-order valence-corrected chi connectivity index (χ3v) is 9.27. The molecule has 1 N–H and O–H groups in total. The Morgan fingerprint density at radius 2 is 1.95 bits per heavy atom. The highest BCUT2D eigenvalue weighted by Crippen LogP contribution is 2.40. The van der Waals surface area contributed by atoms with Crippen molar-refractivity contribution in [3.05, 3.63) is 85.2 Å². The first kappa shape index (κ1) is 28.3. The van der Waals surface area contributed by atoms with Crippen molar-refractivity contribution in [2.45, 2.75) is 45.8 Å². The molecule has 4 aromatic heterocycles. The number of benzene rings is 1. The lowest BCUT2D eigenvalue weighted by molar-refractivity contribution is 0.124. The largest absolute Gasteiger partial charge is 0.345 e. The molecule has 0 unspecified atom stereocenters. The molecular weight excluding hydrogens is 582 g/mol. The summed E-state index contributed by atoms with van der Waals surface area (Å²) in [5.41, 5.74) is 1.84. The molecular formula is C30H27ClF2N6O2S. The molecule has 0 radical (unpaired) electrons. The number of halogens is 3. The average Bonchev–Trinajstić information content (AvgIpc) is 3.57. The van der Waals surface area contributed by atoms with Gasteiger partial charge in [0, 0.05) is 57.1 Å². The minimum absolute atomic E-state index is 0.0664. The standard InChI is InChI=1S/C30H27ClF2N6O2S/c1-18-13-38(15-25(32)33)29(41)39(28(18)40)14-21-12-24-27(42-21)22(2-6-36-24)23-11-20(31)10-19-3-9-37(26(19)23)17-30(16-34)4-7-35-8-5-30/h2-3,6,9-13,25,35H,4-5,7-8,14-15,17H2,1H3. The number of nitriles is 1. The first-order chi connectivity index (χ1) is 20.2. The SMILES string of the molecule is Cc1cn(CC(F)F)c(=O)n(Cc2cc3nccc(-c4cc(Cl)cc5ccn(CC6(C#N)CCNCC6)c45)c3s2)c1=O. The van der Waals surface area contributed by atoms with Gasteiger partial charge in [-0.2, -0.15) is 5.26 Å². The topological polar surface area (TPSA) is 97.6 Å². The highest BCUT2D eigenvalue weighted by Gasteiger charge is 2.33. The van der Waals surface area contributed by atoms with Crippen molar-refractivity contribution in [3.8, 4) is 17.2 Å². The summed E-state index contributed by atoms with van der Waals surface area (Å²) in [6.07, 6.45) is 3.67. The van der Waals surface area contributed by atoms with Crippen LogP contribution in [0.15, 0.2) is 58.5 Å². The lowest BCUT2D eigenvalue weighted by atomic mass is 9.80. The van der Waals surface area contributed by atoms with Crippen LogP contribution in [0.2, 0.25) is 5.02 Å². The molecule has 0 spiro atoms. The third kappa shape index (κ3) is 5.15. The fourth-order valence-corrected chi connectivity index (χ4v) is 7.19. The van der Waals surface area contributed by atoms with Gasteiger partial charge in [0.05, 0.1) is 40.3 Å². The van der Waals surface area contributed by atoms with E-state index in [2.05, 4.69) is 20.9 Å². The van der Waals surface area contributed by atoms with E-state index < -0.39 is 29.6 Å². The normalized spacial score (nSPS) is 15.0. The van der Waals surface area contributed by atoms with Gasteiger partial charge in [0.1, 0.15) is 0 Å². The smallest absolute Gasteiger partial charge is 0.331 e. The Kier molecular flexibility index (Phi) is 7.47. The predicted molar refractivity (Wildman–Crippen MR) is 161 cm³/mol. The second-order valence-electron chi connectivity index (χ2n) is 10.8. The van der Waals surface area contributed by atoms with Gasteiger partial charge < -0.3 is 9.88 Å². The van der Waals surface area contributed by atoms with E-state index in [0.29, 0.717) is 22.0 Å². The number of aryl methyl sites for hydroxylation is 1. The van der Waals surface area contributed by atoms with Crippen LogP contribution in [0.3, 0.4) is 0 Å². The van der Waals surface area contributed by atoms with E-state index in [1.165, 1.54) is 24.5 Å². The quantitative estimate of drug-likeness (QED) is 0.266. The van der Waals surface area contributed by atoms with Crippen molar-refractivity contribution in [3.63, 3.8) is 0 Å². The highest BCUT2D eigenvalue weighted by atomic mass is 35.5. The van der Waals surface area contributed by atoms with Crippen molar-refractivity contribution < 1.29 is 8.78 Å². The second-order valence-corrected chi connectivity index (χ2v) is 12.4. The molecule has 0 atom stereocenters. The van der Waals surface area contributed by atoms with Gasteiger partial charge >= 0.3 is 5.69 Å². The number of piperidine rings is 1. The summed E-state index contributed by atoms with van der Waals surface area (Å²) in [6.45, 7) is 2.80. The van der Waals surface area contributed by atoms with Crippen LogP contribution in [-0.4, -0.2) is 38.2 Å². The Labute approximate surface area is 248 Å². The number of fused-ring (bicyclic) bond motifs is 2. The van der Waals surface area contributed by atoms with E-state index in [1.54, 1.807) is 6.20 Å². The van der Waals surface area contributed by atoms with Gasteiger partial charge in [-0.25, -0.2) is 13.6 Å². The molecule has 0 aliphatic carbocycles. The summed E-state index contributed by atoms with van der Waals surface area (Å²) in [5, 5.41) is 15.0. The summed E-state index contributed by atoms with van der Waals surface area (Å²) < 4.78 is 31.0. The van der Waals surface area contributed by atoms with Crippen molar-refractivity contribution >= 4 is 44.1 Å². The average molecular weight is 609 g/mol. The Morgan fingerprint density at radius 1 is 1.17 bits per heavy atom. The van der Waals surface area contributed by atoms with Gasteiger partial charge in [-0.1, -0.05) is 11.6 Å². The summed E-state index contributed by atoms with van der Waals surface area (Å²) in [6, 6.07) is 12.1. The summed E-state index contributed by atoms with van der Waals surface area (Å²) in [7, 11) is 0. The lowest BCUT2D eigenvalue weighted by Crippen LogP contribution is -2.41. The Hall–Kier alpha value is -3.85. The van der Waals surface area contributed by atoms with Crippen LogP contribution in [0.1, 0.15) is 23.3 Å². The molecule has 42 heavy (non-hydrogen) atoms. The molecule has 1 aliphatic heterocycles. The zero-order valence-electron chi connectivity index (χ0n) is 22.7. The van der Waals surface area contributed by atoms with Gasteiger partial charge in [0.15, 0.2) is 0 Å². The number of hydrogen-bond acceptors (Lipinski definition) is 6. The van der Waals surface area contributed by atoms with Gasteiger partial charge in [-0.05, 0) is 63.2 Å².